The molecule has 0 saturated heterocycles. The summed E-state index contributed by atoms with van der Waals surface area (Å²) in [5.41, 5.74) is -4.08. The molecule has 0 aliphatic heterocycles. The highest BCUT2D eigenvalue weighted by atomic mass is 32.2. The van der Waals surface area contributed by atoms with Gasteiger partial charge in [-0.3, -0.25) is 0 Å². The van der Waals surface area contributed by atoms with Crippen LogP contribution >= 0.6 is 11.8 Å². The van der Waals surface area contributed by atoms with Crippen LogP contribution in [0.15, 0.2) is 0 Å². The second-order valence-electron chi connectivity index (χ2n) is 4.00. The van der Waals surface area contributed by atoms with E-state index in [-0.39, 0.29) is 17.5 Å². The number of rotatable bonds is 5. The van der Waals surface area contributed by atoms with Crippen LogP contribution in [-0.4, -0.2) is 24.4 Å². The molecule has 90 valence electrons. The molecule has 1 fully saturated rings. The summed E-state index contributed by atoms with van der Waals surface area (Å²) >= 11 is 0.0577. The third kappa shape index (κ3) is 7.06. The molecule has 0 radical (unpaired) electrons. The van der Waals surface area contributed by atoms with Crippen molar-refractivity contribution in [1.29, 1.82) is 0 Å². The largest absolute Gasteiger partial charge is 0.441 e. The van der Waals surface area contributed by atoms with Gasteiger partial charge in [0.05, 0.1) is 0 Å². The lowest BCUT2D eigenvalue weighted by atomic mass is 9.89. The van der Waals surface area contributed by atoms with Crippen LogP contribution < -0.4 is 5.32 Å². The van der Waals surface area contributed by atoms with Crippen molar-refractivity contribution in [2.24, 2.45) is 5.92 Å². The van der Waals surface area contributed by atoms with Crippen LogP contribution in [0.4, 0.5) is 13.2 Å². The van der Waals surface area contributed by atoms with Crippen LogP contribution in [-0.2, 0) is 0 Å². The zero-order valence-corrected chi connectivity index (χ0v) is 9.59. The minimum Gasteiger partial charge on any atom is -0.316 e. The van der Waals surface area contributed by atoms with Gasteiger partial charge in [-0.05, 0) is 37.1 Å². The molecule has 15 heavy (non-hydrogen) atoms. The Morgan fingerprint density at radius 2 is 1.80 bits per heavy atom. The fraction of sp³-hybridized carbons (Fsp3) is 1.00. The molecule has 0 aromatic rings. The van der Waals surface area contributed by atoms with E-state index < -0.39 is 5.51 Å². The van der Waals surface area contributed by atoms with Gasteiger partial charge in [-0.1, -0.05) is 19.3 Å². The zero-order chi connectivity index (χ0) is 11.1. The number of hydrogen-bond donors (Lipinski definition) is 1. The van der Waals surface area contributed by atoms with Gasteiger partial charge in [0, 0.05) is 12.3 Å². The van der Waals surface area contributed by atoms with Crippen molar-refractivity contribution >= 4 is 11.8 Å². The number of nitrogens with one attached hydrogen (secondary N) is 1. The molecule has 0 atom stereocenters. The first-order valence-corrected chi connectivity index (χ1v) is 6.48. The Morgan fingerprint density at radius 3 is 2.40 bits per heavy atom. The Morgan fingerprint density at radius 1 is 1.13 bits per heavy atom. The topological polar surface area (TPSA) is 12.0 Å². The van der Waals surface area contributed by atoms with E-state index in [1.54, 1.807) is 0 Å². The van der Waals surface area contributed by atoms with Crippen LogP contribution in [0.25, 0.3) is 0 Å². The SMILES string of the molecule is FC(F)(F)SCCNCC1CCCCC1. The molecular formula is C10H18F3NS. The summed E-state index contributed by atoms with van der Waals surface area (Å²) in [6.45, 7) is 1.35. The molecule has 1 nitrogen and oxygen atoms in total. The minimum absolute atomic E-state index is 0.0577. The molecular weight excluding hydrogens is 223 g/mol. The standard InChI is InChI=1S/C10H18F3NS/c11-10(12,13)15-7-6-14-8-9-4-2-1-3-5-9/h9,14H,1-8H2. The number of hydrogen-bond acceptors (Lipinski definition) is 2. The number of halogens is 3. The smallest absolute Gasteiger partial charge is 0.316 e. The monoisotopic (exact) mass is 241 g/mol. The third-order valence-corrected chi connectivity index (χ3v) is 3.44. The van der Waals surface area contributed by atoms with Gasteiger partial charge in [-0.2, -0.15) is 13.2 Å². The van der Waals surface area contributed by atoms with E-state index in [4.69, 9.17) is 0 Å². The molecule has 0 aromatic carbocycles. The average molecular weight is 241 g/mol. The molecule has 0 unspecified atom stereocenters. The van der Waals surface area contributed by atoms with E-state index >= 15 is 0 Å². The quantitative estimate of drug-likeness (QED) is 0.740. The van der Waals surface area contributed by atoms with E-state index in [9.17, 15) is 13.2 Å². The van der Waals surface area contributed by atoms with Crippen molar-refractivity contribution in [3.63, 3.8) is 0 Å². The third-order valence-electron chi connectivity index (χ3n) is 2.70. The average Bonchev–Trinajstić information content (AvgIpc) is 2.17. The molecule has 1 aliphatic rings. The van der Waals surface area contributed by atoms with E-state index in [2.05, 4.69) is 5.32 Å². The lowest BCUT2D eigenvalue weighted by molar-refractivity contribution is -0.0327. The van der Waals surface area contributed by atoms with Gasteiger partial charge in [0.1, 0.15) is 0 Å². The Labute approximate surface area is 93.2 Å². The van der Waals surface area contributed by atoms with Gasteiger partial charge in [-0.15, -0.1) is 0 Å². The molecule has 0 bridgehead atoms. The van der Waals surface area contributed by atoms with E-state index in [0.29, 0.717) is 12.5 Å². The Balaban J connectivity index is 1.92. The normalized spacial score (nSPS) is 19.4. The molecule has 0 spiro atoms. The highest BCUT2D eigenvalue weighted by Crippen LogP contribution is 2.29. The fourth-order valence-corrected chi connectivity index (χ4v) is 2.41. The maximum atomic E-state index is 11.8. The van der Waals surface area contributed by atoms with Gasteiger partial charge in [-0.25, -0.2) is 0 Å². The second-order valence-corrected chi connectivity index (χ2v) is 5.16. The van der Waals surface area contributed by atoms with Gasteiger partial charge < -0.3 is 5.32 Å². The maximum absolute atomic E-state index is 11.8. The molecule has 0 amide bonds. The van der Waals surface area contributed by atoms with E-state index in [1.165, 1.54) is 32.1 Å². The van der Waals surface area contributed by atoms with Crippen molar-refractivity contribution in [2.75, 3.05) is 18.8 Å². The Hall–Kier alpha value is 0.1000. The summed E-state index contributed by atoms with van der Waals surface area (Å²) in [6.07, 6.45) is 6.35. The summed E-state index contributed by atoms with van der Waals surface area (Å²) in [5, 5.41) is 3.11. The predicted octanol–water partition coefficient (Wildman–Crippen LogP) is 3.41. The van der Waals surface area contributed by atoms with Crippen molar-refractivity contribution in [3.8, 4) is 0 Å². The van der Waals surface area contributed by atoms with Crippen molar-refractivity contribution in [3.05, 3.63) is 0 Å². The van der Waals surface area contributed by atoms with Crippen LogP contribution in [0.2, 0.25) is 0 Å². The van der Waals surface area contributed by atoms with Crippen LogP contribution in [0.5, 0.6) is 0 Å². The summed E-state index contributed by atoms with van der Waals surface area (Å²) in [7, 11) is 0. The molecule has 1 N–H and O–H groups in total. The highest BCUT2D eigenvalue weighted by molar-refractivity contribution is 8.00. The Bertz CT molecular complexity index is 167. The molecule has 0 heterocycles. The number of alkyl halides is 3. The van der Waals surface area contributed by atoms with E-state index in [1.807, 2.05) is 0 Å². The zero-order valence-electron chi connectivity index (χ0n) is 8.78. The van der Waals surface area contributed by atoms with Crippen LogP contribution in [0.1, 0.15) is 32.1 Å². The first kappa shape index (κ1) is 13.2. The van der Waals surface area contributed by atoms with Crippen LogP contribution in [0, 0.1) is 5.92 Å². The summed E-state index contributed by atoms with van der Waals surface area (Å²) in [5.74, 6) is 0.811. The van der Waals surface area contributed by atoms with E-state index in [0.717, 1.165) is 6.54 Å². The molecule has 1 saturated carbocycles. The van der Waals surface area contributed by atoms with Crippen molar-refractivity contribution in [2.45, 2.75) is 37.6 Å². The van der Waals surface area contributed by atoms with Crippen molar-refractivity contribution < 1.29 is 13.2 Å². The fourth-order valence-electron chi connectivity index (χ4n) is 1.94. The second kappa shape index (κ2) is 6.63. The highest BCUT2D eigenvalue weighted by Gasteiger charge is 2.27. The summed E-state index contributed by atoms with van der Waals surface area (Å²) in [4.78, 5) is 0. The lowest BCUT2D eigenvalue weighted by Gasteiger charge is -2.21. The molecule has 1 rings (SSSR count). The first-order valence-electron chi connectivity index (χ1n) is 5.49. The molecule has 5 heteroatoms. The van der Waals surface area contributed by atoms with Gasteiger partial charge in [0.15, 0.2) is 0 Å². The molecule has 1 aliphatic carbocycles. The van der Waals surface area contributed by atoms with Gasteiger partial charge in [0.25, 0.3) is 0 Å². The summed E-state index contributed by atoms with van der Waals surface area (Å²) < 4.78 is 35.3. The number of thioether (sulfide) groups is 1. The summed E-state index contributed by atoms with van der Waals surface area (Å²) in [6, 6.07) is 0. The minimum atomic E-state index is -4.08. The predicted molar refractivity (Wildman–Crippen MR) is 58.0 cm³/mol. The first-order chi connectivity index (χ1) is 7.08. The lowest BCUT2D eigenvalue weighted by Crippen LogP contribution is -2.26. The molecule has 0 aromatic heterocycles. The van der Waals surface area contributed by atoms with Gasteiger partial charge in [0.2, 0.25) is 0 Å². The van der Waals surface area contributed by atoms with Gasteiger partial charge >= 0.3 is 5.51 Å². The van der Waals surface area contributed by atoms with Crippen molar-refractivity contribution in [1.82, 2.24) is 5.32 Å². The maximum Gasteiger partial charge on any atom is 0.441 e. The van der Waals surface area contributed by atoms with Crippen LogP contribution in [0.3, 0.4) is 0 Å². The Kier molecular flexibility index (Phi) is 5.82.